The smallest absolute Gasteiger partial charge is 0.257 e. The summed E-state index contributed by atoms with van der Waals surface area (Å²) in [5, 5.41) is 0.602. The van der Waals surface area contributed by atoms with E-state index in [0.29, 0.717) is 11.7 Å². The molecule has 0 spiro atoms. The van der Waals surface area contributed by atoms with E-state index in [-0.39, 0.29) is 11.3 Å². The van der Waals surface area contributed by atoms with Crippen molar-refractivity contribution in [3.8, 4) is 0 Å². The number of rotatable bonds is 7. The van der Waals surface area contributed by atoms with Gasteiger partial charge in [-0.2, -0.15) is 0 Å². The number of aromatic nitrogens is 4. The van der Waals surface area contributed by atoms with Crippen LogP contribution >= 0.6 is 11.8 Å². The van der Waals surface area contributed by atoms with Gasteiger partial charge in [-0.05, 0) is 32.1 Å². The normalized spacial score (nSPS) is 13.7. The van der Waals surface area contributed by atoms with E-state index < -0.39 is 5.91 Å². The molecule has 24 heavy (non-hydrogen) atoms. The van der Waals surface area contributed by atoms with E-state index in [2.05, 4.69) is 9.97 Å². The van der Waals surface area contributed by atoms with Gasteiger partial charge < -0.3 is 10.3 Å². The maximum absolute atomic E-state index is 12.8. The Morgan fingerprint density at radius 1 is 1.29 bits per heavy atom. The van der Waals surface area contributed by atoms with Gasteiger partial charge in [0.25, 0.3) is 5.56 Å². The fourth-order valence-electron chi connectivity index (χ4n) is 2.94. The fourth-order valence-corrected chi connectivity index (χ4v) is 3.72. The number of primary amides is 1. The predicted molar refractivity (Wildman–Crippen MR) is 91.9 cm³/mol. The van der Waals surface area contributed by atoms with Crippen LogP contribution in [0.4, 0.5) is 0 Å². The van der Waals surface area contributed by atoms with Crippen molar-refractivity contribution in [3.05, 3.63) is 40.3 Å². The summed E-state index contributed by atoms with van der Waals surface area (Å²) in [5.74, 6) is -0.274. The summed E-state index contributed by atoms with van der Waals surface area (Å²) >= 11 is 1.25. The molecule has 0 aliphatic heterocycles. The molecule has 2 aromatic rings. The van der Waals surface area contributed by atoms with Crippen LogP contribution in [-0.4, -0.2) is 30.8 Å². The first-order chi connectivity index (χ1) is 11.6. The molecular formula is C16H21N5O2S. The van der Waals surface area contributed by atoms with Crippen LogP contribution in [0.25, 0.3) is 0 Å². The van der Waals surface area contributed by atoms with E-state index in [1.807, 2.05) is 10.8 Å². The van der Waals surface area contributed by atoms with Crippen molar-refractivity contribution in [1.29, 1.82) is 0 Å². The quantitative estimate of drug-likeness (QED) is 0.595. The molecule has 1 amide bonds. The lowest BCUT2D eigenvalue weighted by molar-refractivity contribution is -0.115. The summed E-state index contributed by atoms with van der Waals surface area (Å²) in [7, 11) is 0. The van der Waals surface area contributed by atoms with Crippen molar-refractivity contribution in [3.63, 3.8) is 0 Å². The average molecular weight is 347 g/mol. The van der Waals surface area contributed by atoms with E-state index >= 15 is 0 Å². The van der Waals surface area contributed by atoms with Crippen molar-refractivity contribution in [2.45, 2.75) is 50.4 Å². The number of thioether (sulfide) groups is 1. The third kappa shape index (κ3) is 3.87. The number of carbonyl (C=O) groups is 1. The molecule has 0 unspecified atom stereocenters. The van der Waals surface area contributed by atoms with Crippen LogP contribution in [0.1, 0.15) is 30.5 Å². The Morgan fingerprint density at radius 2 is 2.12 bits per heavy atom. The average Bonchev–Trinajstić information content (AvgIpc) is 3.08. The zero-order valence-electron chi connectivity index (χ0n) is 13.5. The molecule has 0 atom stereocenters. The molecule has 2 N–H and O–H groups in total. The second-order valence-corrected chi connectivity index (χ2v) is 6.84. The second kappa shape index (κ2) is 7.65. The molecule has 0 saturated carbocycles. The van der Waals surface area contributed by atoms with Crippen LogP contribution < -0.4 is 11.3 Å². The van der Waals surface area contributed by atoms with Crippen LogP contribution in [0.3, 0.4) is 0 Å². The molecule has 0 aromatic carbocycles. The van der Waals surface area contributed by atoms with Crippen LogP contribution in [0.2, 0.25) is 0 Å². The molecule has 8 heteroatoms. The maximum atomic E-state index is 12.8. The van der Waals surface area contributed by atoms with Crippen molar-refractivity contribution in [2.24, 2.45) is 5.73 Å². The van der Waals surface area contributed by atoms with E-state index in [1.165, 1.54) is 11.8 Å². The van der Waals surface area contributed by atoms with Gasteiger partial charge in [0.2, 0.25) is 5.91 Å². The number of nitrogens with zero attached hydrogens (tertiary/aromatic N) is 4. The number of aryl methyl sites for hydroxylation is 2. The summed E-state index contributed by atoms with van der Waals surface area (Å²) < 4.78 is 3.68. The molecule has 7 nitrogen and oxygen atoms in total. The fraction of sp³-hybridized carbons (Fsp3) is 0.500. The van der Waals surface area contributed by atoms with Gasteiger partial charge in [0.15, 0.2) is 5.16 Å². The molecule has 128 valence electrons. The summed E-state index contributed by atoms with van der Waals surface area (Å²) in [4.78, 5) is 32.6. The minimum absolute atomic E-state index is 0.0392. The first kappa shape index (κ1) is 16.8. The molecule has 0 radical (unpaired) electrons. The lowest BCUT2D eigenvalue weighted by atomic mass is 9.97. The monoisotopic (exact) mass is 347 g/mol. The molecule has 0 fully saturated rings. The minimum atomic E-state index is -0.406. The van der Waals surface area contributed by atoms with Gasteiger partial charge in [0.05, 0.1) is 17.8 Å². The minimum Gasteiger partial charge on any atom is -0.369 e. The Morgan fingerprint density at radius 3 is 2.88 bits per heavy atom. The lowest BCUT2D eigenvalue weighted by Crippen LogP contribution is -2.31. The van der Waals surface area contributed by atoms with Gasteiger partial charge in [0, 0.05) is 31.0 Å². The summed E-state index contributed by atoms with van der Waals surface area (Å²) in [6.07, 6.45) is 9.92. The number of hydrogen-bond donors (Lipinski definition) is 1. The van der Waals surface area contributed by atoms with Gasteiger partial charge in [-0.3, -0.25) is 14.2 Å². The zero-order valence-corrected chi connectivity index (χ0v) is 14.3. The maximum Gasteiger partial charge on any atom is 0.257 e. The topological polar surface area (TPSA) is 95.8 Å². The Hall–Kier alpha value is -2.09. The summed E-state index contributed by atoms with van der Waals surface area (Å²) in [5.41, 5.74) is 7.02. The van der Waals surface area contributed by atoms with Gasteiger partial charge in [-0.1, -0.05) is 11.8 Å². The van der Waals surface area contributed by atoms with Crippen molar-refractivity contribution >= 4 is 17.7 Å². The van der Waals surface area contributed by atoms with Crippen molar-refractivity contribution in [1.82, 2.24) is 19.1 Å². The number of hydrogen-bond acceptors (Lipinski definition) is 5. The summed E-state index contributed by atoms with van der Waals surface area (Å²) in [6, 6.07) is 0. The molecule has 0 saturated heterocycles. The first-order valence-electron chi connectivity index (χ1n) is 8.14. The molecule has 3 rings (SSSR count). The first-order valence-corrected chi connectivity index (χ1v) is 9.13. The van der Waals surface area contributed by atoms with Crippen LogP contribution in [0.5, 0.6) is 0 Å². The Kier molecular flexibility index (Phi) is 5.34. The number of carbonyl (C=O) groups excluding carboxylic acids is 1. The third-order valence-corrected chi connectivity index (χ3v) is 5.10. The predicted octanol–water partition coefficient (Wildman–Crippen LogP) is 0.986. The van der Waals surface area contributed by atoms with Crippen LogP contribution in [0.15, 0.2) is 28.7 Å². The zero-order chi connectivity index (χ0) is 16.9. The highest BCUT2D eigenvalue weighted by Gasteiger charge is 2.19. The van der Waals surface area contributed by atoms with Gasteiger partial charge in [-0.25, -0.2) is 9.97 Å². The number of nitrogens with two attached hydrogens (primary N) is 1. The number of fused-ring (bicyclic) bond motifs is 1. The van der Waals surface area contributed by atoms with E-state index in [4.69, 9.17) is 5.73 Å². The second-order valence-electron chi connectivity index (χ2n) is 5.89. The van der Waals surface area contributed by atoms with Gasteiger partial charge in [-0.15, -0.1) is 0 Å². The summed E-state index contributed by atoms with van der Waals surface area (Å²) in [6.45, 7) is 1.35. The largest absolute Gasteiger partial charge is 0.369 e. The van der Waals surface area contributed by atoms with Crippen molar-refractivity contribution < 1.29 is 4.79 Å². The van der Waals surface area contributed by atoms with Crippen LogP contribution in [0, 0.1) is 0 Å². The highest BCUT2D eigenvalue weighted by atomic mass is 32.2. The van der Waals surface area contributed by atoms with E-state index in [0.717, 1.165) is 49.9 Å². The molecule has 2 heterocycles. The van der Waals surface area contributed by atoms with Gasteiger partial charge >= 0.3 is 0 Å². The molecular weight excluding hydrogens is 326 g/mol. The highest BCUT2D eigenvalue weighted by molar-refractivity contribution is 7.99. The van der Waals surface area contributed by atoms with Gasteiger partial charge in [0.1, 0.15) is 0 Å². The molecule has 0 bridgehead atoms. The third-order valence-electron chi connectivity index (χ3n) is 4.10. The number of imidazole rings is 1. The number of amides is 1. The van der Waals surface area contributed by atoms with E-state index in [1.54, 1.807) is 17.1 Å². The molecule has 1 aliphatic rings. The van der Waals surface area contributed by atoms with Crippen molar-refractivity contribution in [2.75, 3.05) is 5.75 Å². The van der Waals surface area contributed by atoms with E-state index in [9.17, 15) is 9.59 Å². The highest BCUT2D eigenvalue weighted by Crippen LogP contribution is 2.21. The Labute approximate surface area is 144 Å². The molecule has 1 aliphatic carbocycles. The van der Waals surface area contributed by atoms with Crippen LogP contribution in [-0.2, 0) is 30.7 Å². The standard InChI is InChI=1S/C16H21N5O2S/c17-14(22)10-24-16-19-13-5-2-1-4-12(13)15(23)21(16)8-3-7-20-9-6-18-11-20/h6,9,11H,1-5,7-8,10H2,(H2,17,22). The Balaban J connectivity index is 1.83. The SMILES string of the molecule is NC(=O)CSc1nc2c(c(=O)n1CCCn1ccnc1)CCCC2. The lowest BCUT2D eigenvalue weighted by Gasteiger charge is -2.19. The molecule has 2 aromatic heterocycles. The Bertz CT molecular complexity index is 770.